The first-order valence-corrected chi connectivity index (χ1v) is 6.09. The van der Waals surface area contributed by atoms with Crippen molar-refractivity contribution in [1.29, 1.82) is 0 Å². The first-order valence-electron chi connectivity index (χ1n) is 6.09. The number of benzene rings is 2. The Morgan fingerprint density at radius 3 is 1.33 bits per heavy atom. The van der Waals surface area contributed by atoms with Gasteiger partial charge >= 0.3 is 0 Å². The Morgan fingerprint density at radius 1 is 0.714 bits per heavy atom. The SMILES string of the molecule is CN=Cc1ccccc1O.CN=Cc1ccccc1O.[Co]. The maximum Gasteiger partial charge on any atom is 0.124 e. The average Bonchev–Trinajstić information content (AvgIpc) is 2.45. The topological polar surface area (TPSA) is 65.2 Å². The van der Waals surface area contributed by atoms with Gasteiger partial charge in [-0.1, -0.05) is 24.3 Å². The van der Waals surface area contributed by atoms with Gasteiger partial charge in [-0.3, -0.25) is 9.98 Å². The van der Waals surface area contributed by atoms with Crippen LogP contribution in [0.2, 0.25) is 0 Å². The van der Waals surface area contributed by atoms with Crippen LogP contribution in [0.25, 0.3) is 0 Å². The van der Waals surface area contributed by atoms with Gasteiger partial charge < -0.3 is 10.2 Å². The number of phenolic OH excluding ortho intramolecular Hbond substituents is 2. The van der Waals surface area contributed by atoms with Gasteiger partial charge in [-0.15, -0.1) is 0 Å². The molecule has 4 nitrogen and oxygen atoms in total. The Balaban J connectivity index is 0.000000364. The van der Waals surface area contributed by atoms with E-state index in [4.69, 9.17) is 10.2 Å². The average molecular weight is 329 g/mol. The molecule has 2 aromatic rings. The third-order valence-electron chi connectivity index (χ3n) is 2.41. The van der Waals surface area contributed by atoms with Crippen molar-refractivity contribution < 1.29 is 27.0 Å². The molecule has 0 unspecified atom stereocenters. The zero-order valence-corrected chi connectivity index (χ0v) is 12.9. The van der Waals surface area contributed by atoms with E-state index in [1.807, 2.05) is 24.3 Å². The quantitative estimate of drug-likeness (QED) is 0.832. The number of rotatable bonds is 2. The number of phenols is 2. The second-order valence-corrected chi connectivity index (χ2v) is 3.89. The summed E-state index contributed by atoms with van der Waals surface area (Å²) in [5, 5.41) is 18.3. The van der Waals surface area contributed by atoms with Crippen LogP contribution < -0.4 is 0 Å². The van der Waals surface area contributed by atoms with Crippen LogP contribution in [-0.4, -0.2) is 36.7 Å². The van der Waals surface area contributed by atoms with Crippen molar-refractivity contribution in [2.24, 2.45) is 9.98 Å². The Labute approximate surface area is 135 Å². The monoisotopic (exact) mass is 329 g/mol. The van der Waals surface area contributed by atoms with Crippen molar-refractivity contribution in [3.63, 3.8) is 0 Å². The van der Waals surface area contributed by atoms with E-state index in [1.165, 1.54) is 0 Å². The number of hydrogen-bond acceptors (Lipinski definition) is 4. The fourth-order valence-electron chi connectivity index (χ4n) is 1.47. The minimum atomic E-state index is 0. The number of aliphatic imine (C=N–C) groups is 2. The van der Waals surface area contributed by atoms with Crippen molar-refractivity contribution in [2.45, 2.75) is 0 Å². The molecule has 0 atom stereocenters. The van der Waals surface area contributed by atoms with E-state index in [0.29, 0.717) is 0 Å². The van der Waals surface area contributed by atoms with E-state index in [2.05, 4.69) is 9.98 Å². The zero-order chi connectivity index (χ0) is 14.8. The Kier molecular flexibility index (Phi) is 9.58. The zero-order valence-electron chi connectivity index (χ0n) is 11.9. The van der Waals surface area contributed by atoms with E-state index in [1.54, 1.807) is 50.8 Å². The maximum atomic E-state index is 9.15. The van der Waals surface area contributed by atoms with Crippen LogP contribution in [0.15, 0.2) is 58.5 Å². The molecule has 0 amide bonds. The molecule has 2 N–H and O–H groups in total. The van der Waals surface area contributed by atoms with Crippen molar-refractivity contribution >= 4 is 12.4 Å². The fourth-order valence-corrected chi connectivity index (χ4v) is 1.47. The summed E-state index contributed by atoms with van der Waals surface area (Å²) in [5.74, 6) is 0.543. The van der Waals surface area contributed by atoms with E-state index in [-0.39, 0.29) is 28.3 Å². The molecule has 2 rings (SSSR count). The van der Waals surface area contributed by atoms with E-state index in [9.17, 15) is 0 Å². The summed E-state index contributed by atoms with van der Waals surface area (Å²) in [7, 11) is 3.35. The molecule has 2 aromatic carbocycles. The second kappa shape index (κ2) is 10.6. The molecule has 5 heteroatoms. The summed E-state index contributed by atoms with van der Waals surface area (Å²) in [5.41, 5.74) is 1.51. The van der Waals surface area contributed by atoms with Crippen LogP contribution in [-0.2, 0) is 16.8 Å². The normalized spacial score (nSPS) is 10.0. The summed E-state index contributed by atoms with van der Waals surface area (Å²) in [6.07, 6.45) is 3.24. The molecule has 0 aromatic heterocycles. The van der Waals surface area contributed by atoms with Gasteiger partial charge in [-0.25, -0.2) is 0 Å². The largest absolute Gasteiger partial charge is 0.507 e. The summed E-state index contributed by atoms with van der Waals surface area (Å²) in [6.45, 7) is 0. The van der Waals surface area contributed by atoms with Gasteiger partial charge in [-0.2, -0.15) is 0 Å². The summed E-state index contributed by atoms with van der Waals surface area (Å²) >= 11 is 0. The molecule has 0 heterocycles. The Hall–Kier alpha value is -2.11. The standard InChI is InChI=1S/2C8H9NO.Co/c2*1-9-6-7-4-2-3-5-8(7)10;/h2*2-6,10H,1H3;. The number of hydrogen-bond donors (Lipinski definition) is 2. The van der Waals surface area contributed by atoms with Crippen molar-refractivity contribution in [1.82, 2.24) is 0 Å². The van der Waals surface area contributed by atoms with Gasteiger partial charge in [-0.05, 0) is 24.3 Å². The van der Waals surface area contributed by atoms with Crippen LogP contribution in [0.1, 0.15) is 11.1 Å². The summed E-state index contributed by atoms with van der Waals surface area (Å²) < 4.78 is 0. The van der Waals surface area contributed by atoms with Crippen molar-refractivity contribution in [2.75, 3.05) is 14.1 Å². The van der Waals surface area contributed by atoms with Gasteiger partial charge in [0.25, 0.3) is 0 Å². The molecule has 0 saturated carbocycles. The molecule has 0 saturated heterocycles. The van der Waals surface area contributed by atoms with Crippen LogP contribution in [0.4, 0.5) is 0 Å². The Morgan fingerprint density at radius 2 is 1.05 bits per heavy atom. The Bertz CT molecular complexity index is 545. The minimum absolute atomic E-state index is 0. The predicted molar refractivity (Wildman–Crippen MR) is 83.2 cm³/mol. The third-order valence-corrected chi connectivity index (χ3v) is 2.41. The molecule has 21 heavy (non-hydrogen) atoms. The van der Waals surface area contributed by atoms with Crippen LogP contribution in [0.3, 0.4) is 0 Å². The molecule has 0 aliphatic heterocycles. The van der Waals surface area contributed by atoms with Gasteiger partial charge in [0.05, 0.1) is 0 Å². The van der Waals surface area contributed by atoms with Gasteiger partial charge in [0.1, 0.15) is 11.5 Å². The smallest absolute Gasteiger partial charge is 0.124 e. The van der Waals surface area contributed by atoms with Crippen LogP contribution >= 0.6 is 0 Å². The third kappa shape index (κ3) is 6.74. The molecule has 113 valence electrons. The van der Waals surface area contributed by atoms with Crippen molar-refractivity contribution in [3.05, 3.63) is 59.7 Å². The summed E-state index contributed by atoms with van der Waals surface area (Å²) in [6, 6.07) is 14.2. The molecule has 0 spiro atoms. The van der Waals surface area contributed by atoms with Crippen LogP contribution in [0.5, 0.6) is 11.5 Å². The number of aromatic hydroxyl groups is 2. The van der Waals surface area contributed by atoms with Gasteiger partial charge in [0, 0.05) is 54.4 Å². The number of para-hydroxylation sites is 2. The first kappa shape index (κ1) is 18.9. The number of nitrogens with zero attached hydrogens (tertiary/aromatic N) is 2. The fraction of sp³-hybridized carbons (Fsp3) is 0.125. The molecular formula is C16H18CoN2O2. The van der Waals surface area contributed by atoms with Gasteiger partial charge in [0.15, 0.2) is 0 Å². The van der Waals surface area contributed by atoms with E-state index in [0.717, 1.165) is 11.1 Å². The molecular weight excluding hydrogens is 311 g/mol. The molecule has 0 aliphatic rings. The minimum Gasteiger partial charge on any atom is -0.507 e. The first-order chi connectivity index (χ1) is 9.69. The molecule has 0 aliphatic carbocycles. The predicted octanol–water partition coefficient (Wildman–Crippen LogP) is 2.88. The molecule has 0 bridgehead atoms. The molecule has 1 radical (unpaired) electrons. The van der Waals surface area contributed by atoms with E-state index >= 15 is 0 Å². The second-order valence-electron chi connectivity index (χ2n) is 3.89. The van der Waals surface area contributed by atoms with Crippen LogP contribution in [0, 0.1) is 0 Å². The molecule has 0 fully saturated rings. The van der Waals surface area contributed by atoms with Crippen molar-refractivity contribution in [3.8, 4) is 11.5 Å². The van der Waals surface area contributed by atoms with E-state index < -0.39 is 0 Å². The van der Waals surface area contributed by atoms with Gasteiger partial charge in [0.2, 0.25) is 0 Å². The maximum absolute atomic E-state index is 9.15. The summed E-state index contributed by atoms with van der Waals surface area (Å²) in [4.78, 5) is 7.56.